The van der Waals surface area contributed by atoms with Crippen LogP contribution in [0.5, 0.6) is 0 Å². The summed E-state index contributed by atoms with van der Waals surface area (Å²) in [5, 5.41) is 14.8. The maximum Gasteiger partial charge on any atom is 0.282 e. The van der Waals surface area contributed by atoms with E-state index in [1.54, 1.807) is 9.58 Å². The van der Waals surface area contributed by atoms with Crippen LogP contribution in [-0.2, 0) is 11.3 Å². The van der Waals surface area contributed by atoms with Gasteiger partial charge in [0.05, 0.1) is 33.6 Å². The number of benzene rings is 2. The van der Waals surface area contributed by atoms with Gasteiger partial charge in [-0.05, 0) is 24.1 Å². The highest BCUT2D eigenvalue weighted by Gasteiger charge is 2.37. The van der Waals surface area contributed by atoms with Crippen LogP contribution < -0.4 is 5.73 Å². The van der Waals surface area contributed by atoms with Crippen molar-refractivity contribution in [1.29, 1.82) is 5.26 Å². The molecule has 38 heavy (non-hydrogen) atoms. The molecule has 0 unspecified atom stereocenters. The summed E-state index contributed by atoms with van der Waals surface area (Å²) in [6.07, 6.45) is 1.88. The number of piperazine rings is 1. The maximum absolute atomic E-state index is 15.9. The van der Waals surface area contributed by atoms with Gasteiger partial charge in [0.15, 0.2) is 5.83 Å². The van der Waals surface area contributed by atoms with Gasteiger partial charge in [-0.2, -0.15) is 10.4 Å². The summed E-state index contributed by atoms with van der Waals surface area (Å²) in [5.41, 5.74) is 6.92. The Bertz CT molecular complexity index is 1750. The lowest BCUT2D eigenvalue weighted by molar-refractivity contribution is -0.131. The van der Waals surface area contributed by atoms with Crippen LogP contribution in [0.3, 0.4) is 0 Å². The molecule has 0 aliphatic carbocycles. The van der Waals surface area contributed by atoms with Gasteiger partial charge in [0.2, 0.25) is 0 Å². The molecule has 4 aromatic rings. The van der Waals surface area contributed by atoms with Gasteiger partial charge in [-0.25, -0.2) is 13.2 Å². The lowest BCUT2D eigenvalue weighted by Crippen LogP contribution is -2.57. The number of hydrogen-bond donors (Lipinski definition) is 1. The smallest absolute Gasteiger partial charge is 0.282 e. The molecular weight excluding hydrogens is 517 g/mol. The van der Waals surface area contributed by atoms with E-state index in [0.29, 0.717) is 23.9 Å². The fourth-order valence-electron chi connectivity index (χ4n) is 5.52. The Hall–Kier alpha value is -4.37. The Balaban J connectivity index is 1.51. The monoisotopic (exact) mass is 536 g/mol. The van der Waals surface area contributed by atoms with E-state index in [-0.39, 0.29) is 57.0 Å². The van der Waals surface area contributed by atoms with Gasteiger partial charge >= 0.3 is 0 Å². The van der Waals surface area contributed by atoms with Crippen LogP contribution in [0.4, 0.5) is 18.2 Å². The first-order valence-electron chi connectivity index (χ1n) is 11.7. The molecule has 2 aliphatic rings. The summed E-state index contributed by atoms with van der Waals surface area (Å²) in [6, 6.07) is 5.31. The van der Waals surface area contributed by atoms with Crippen LogP contribution in [0.15, 0.2) is 36.8 Å². The van der Waals surface area contributed by atoms with E-state index in [9.17, 15) is 23.6 Å². The Morgan fingerprint density at radius 3 is 2.74 bits per heavy atom. The number of carbonyl (C=O) groups excluding carboxylic acids is 2. The highest BCUT2D eigenvalue weighted by atomic mass is 32.1. The van der Waals surface area contributed by atoms with Gasteiger partial charge in [0.1, 0.15) is 22.7 Å². The number of nitrogen functional groups attached to an aromatic ring is 1. The minimum Gasteiger partial charge on any atom is -0.389 e. The van der Waals surface area contributed by atoms with E-state index in [1.165, 1.54) is 23.2 Å². The molecule has 0 bridgehead atoms. The molecule has 1 atom stereocenters. The summed E-state index contributed by atoms with van der Waals surface area (Å²) in [6.45, 7) is 3.82. The second-order valence-electron chi connectivity index (χ2n) is 9.26. The zero-order valence-electron chi connectivity index (χ0n) is 19.8. The number of fused-ring (bicyclic) bond motifs is 2. The first-order valence-corrected chi connectivity index (χ1v) is 12.6. The maximum atomic E-state index is 15.9. The van der Waals surface area contributed by atoms with Crippen molar-refractivity contribution in [3.8, 4) is 17.2 Å². The summed E-state index contributed by atoms with van der Waals surface area (Å²) in [5.74, 6) is -3.61. The quantitative estimate of drug-likeness (QED) is 0.387. The fourth-order valence-corrected chi connectivity index (χ4v) is 6.46. The minimum atomic E-state index is -1.06. The highest BCUT2D eigenvalue weighted by molar-refractivity contribution is 7.23. The van der Waals surface area contributed by atoms with E-state index in [0.717, 1.165) is 17.4 Å². The number of halogens is 3. The molecule has 2 aromatic heterocycles. The molecule has 2 aliphatic heterocycles. The average Bonchev–Trinajstić information content (AvgIpc) is 3.47. The number of carbonyl (C=O) groups is 2. The predicted molar refractivity (Wildman–Crippen MR) is 136 cm³/mol. The first-order chi connectivity index (χ1) is 18.2. The van der Waals surface area contributed by atoms with Crippen LogP contribution in [0.1, 0.15) is 22.3 Å². The zero-order chi connectivity index (χ0) is 26.9. The number of rotatable bonds is 2. The number of nitriles is 1. The van der Waals surface area contributed by atoms with E-state index < -0.39 is 35.3 Å². The Labute approximate surface area is 217 Å². The van der Waals surface area contributed by atoms with Gasteiger partial charge in [0, 0.05) is 42.5 Å². The summed E-state index contributed by atoms with van der Waals surface area (Å²) >= 11 is 0.916. The van der Waals surface area contributed by atoms with Gasteiger partial charge in [-0.15, -0.1) is 11.3 Å². The highest BCUT2D eigenvalue weighted by Crippen LogP contribution is 2.44. The second-order valence-corrected chi connectivity index (χ2v) is 10.3. The number of nitrogens with zero attached hydrogens (tertiary/aromatic N) is 5. The van der Waals surface area contributed by atoms with Crippen molar-refractivity contribution in [1.82, 2.24) is 19.6 Å². The zero-order valence-corrected chi connectivity index (χ0v) is 20.6. The first kappa shape index (κ1) is 24.0. The number of amides is 2. The van der Waals surface area contributed by atoms with Crippen LogP contribution in [0, 0.1) is 23.0 Å². The van der Waals surface area contributed by atoms with Crippen LogP contribution in [0.2, 0.25) is 0 Å². The molecule has 1 saturated heterocycles. The van der Waals surface area contributed by atoms with E-state index >= 15 is 4.39 Å². The predicted octanol–water partition coefficient (Wildman–Crippen LogP) is 4.19. The van der Waals surface area contributed by atoms with Crippen LogP contribution in [-0.4, -0.2) is 57.1 Å². The third kappa shape index (κ3) is 3.39. The molecule has 4 heterocycles. The number of thiophene rings is 1. The molecule has 192 valence electrons. The van der Waals surface area contributed by atoms with Gasteiger partial charge < -0.3 is 15.5 Å². The molecule has 2 aromatic carbocycles. The molecule has 8 nitrogen and oxygen atoms in total. The number of nitrogens with two attached hydrogens (primary N) is 1. The fraction of sp³-hybridized carbons (Fsp3) is 0.231. The SMILES string of the molecule is C=C(F)C(=O)N1CCN2C(=O)c3cc(F)c(-c4ccc(F)c5sc(N)c(C#N)c45)c4cnn(c34)CC[C@H]2C1. The molecule has 12 heteroatoms. The Kier molecular flexibility index (Phi) is 5.43. The number of anilines is 1. The minimum absolute atomic E-state index is 0.0620. The van der Waals surface area contributed by atoms with Gasteiger partial charge in [-0.3, -0.25) is 14.3 Å². The van der Waals surface area contributed by atoms with E-state index in [1.807, 2.05) is 6.07 Å². The summed E-state index contributed by atoms with van der Waals surface area (Å²) in [4.78, 5) is 28.7. The van der Waals surface area contributed by atoms with Crippen molar-refractivity contribution >= 4 is 49.1 Å². The number of aromatic nitrogens is 2. The van der Waals surface area contributed by atoms with Gasteiger partial charge in [0.25, 0.3) is 11.8 Å². The van der Waals surface area contributed by atoms with Crippen molar-refractivity contribution < 1.29 is 22.8 Å². The molecule has 2 amide bonds. The van der Waals surface area contributed by atoms with E-state index in [4.69, 9.17) is 5.73 Å². The Morgan fingerprint density at radius 2 is 2.00 bits per heavy atom. The number of aryl methyl sites for hydroxylation is 1. The normalized spacial score (nSPS) is 17.3. The largest absolute Gasteiger partial charge is 0.389 e. The lowest BCUT2D eigenvalue weighted by Gasteiger charge is -2.42. The number of hydrogen-bond acceptors (Lipinski definition) is 6. The molecule has 6 rings (SSSR count). The van der Waals surface area contributed by atoms with Crippen LogP contribution in [0.25, 0.3) is 32.1 Å². The van der Waals surface area contributed by atoms with Crippen molar-refractivity contribution in [3.63, 3.8) is 0 Å². The van der Waals surface area contributed by atoms with Crippen molar-refractivity contribution in [2.45, 2.75) is 19.0 Å². The summed E-state index contributed by atoms with van der Waals surface area (Å²) in [7, 11) is 0. The molecular formula is C26H19F3N6O2S. The van der Waals surface area contributed by atoms with Gasteiger partial charge in [-0.1, -0.05) is 12.6 Å². The molecule has 0 radical (unpaired) electrons. The van der Waals surface area contributed by atoms with E-state index in [2.05, 4.69) is 11.7 Å². The average molecular weight is 537 g/mol. The standard InChI is InChI=1S/C26H19F3N6O2S/c1-12(27)25(36)33-6-7-34-13(11-33)4-5-35-22-15(26(34)37)8-19(29)20(17(22)10-32-35)14-2-3-18(28)23-21(14)16(9-30)24(31)38-23/h2-3,8,10,13H,1,4-7,11,31H2/t13-/m0/s1. The van der Waals surface area contributed by atoms with Crippen molar-refractivity contribution in [3.05, 3.63) is 59.6 Å². The summed E-state index contributed by atoms with van der Waals surface area (Å²) < 4.78 is 45.8. The van der Waals surface area contributed by atoms with Crippen molar-refractivity contribution in [2.24, 2.45) is 0 Å². The topological polar surface area (TPSA) is 108 Å². The molecule has 2 N–H and O–H groups in total. The molecule has 0 saturated carbocycles. The van der Waals surface area contributed by atoms with Crippen molar-refractivity contribution in [2.75, 3.05) is 25.4 Å². The Morgan fingerprint density at radius 1 is 1.21 bits per heavy atom. The third-order valence-electron chi connectivity index (χ3n) is 7.24. The molecule has 0 spiro atoms. The second kappa shape index (κ2) is 8.59. The van der Waals surface area contributed by atoms with Crippen LogP contribution >= 0.6 is 11.3 Å². The molecule has 1 fully saturated rings. The lowest BCUT2D eigenvalue weighted by atomic mass is 9.93. The third-order valence-corrected chi connectivity index (χ3v) is 8.27.